The van der Waals surface area contributed by atoms with Gasteiger partial charge in [-0.25, -0.2) is 0 Å². The van der Waals surface area contributed by atoms with Crippen molar-refractivity contribution in [3.63, 3.8) is 0 Å². The maximum atomic E-state index is 11.6. The number of hydrogen-bond acceptors (Lipinski definition) is 3. The molecule has 13 heavy (non-hydrogen) atoms. The lowest BCUT2D eigenvalue weighted by Gasteiger charge is -2.02. The Kier molecular flexibility index (Phi) is 1.59. The first-order chi connectivity index (χ1) is 6.24. The van der Waals surface area contributed by atoms with Gasteiger partial charge in [0.1, 0.15) is 18.2 Å². The van der Waals surface area contributed by atoms with Gasteiger partial charge in [-0.1, -0.05) is 0 Å². The van der Waals surface area contributed by atoms with Gasteiger partial charge in [0.2, 0.25) is 0 Å². The molecule has 66 valence electrons. The maximum Gasteiger partial charge on any atom is 0.271 e. The van der Waals surface area contributed by atoms with E-state index in [0.717, 1.165) is 0 Å². The average Bonchev–Trinajstić information content (AvgIpc) is 2.53. The Labute approximate surface area is 75.0 Å². The van der Waals surface area contributed by atoms with Gasteiger partial charge in [-0.05, 0) is 12.5 Å². The van der Waals surface area contributed by atoms with E-state index in [2.05, 4.69) is 0 Å². The fourth-order valence-electron chi connectivity index (χ4n) is 1.45. The fourth-order valence-corrected chi connectivity index (χ4v) is 1.45. The average molecular weight is 176 g/mol. The molecule has 4 nitrogen and oxygen atoms in total. The van der Waals surface area contributed by atoms with Gasteiger partial charge in [-0.15, -0.1) is 0 Å². The van der Waals surface area contributed by atoms with Crippen molar-refractivity contribution in [2.45, 2.75) is 13.5 Å². The molecule has 1 aromatic heterocycles. The van der Waals surface area contributed by atoms with Crippen LogP contribution < -0.4 is 10.3 Å². The first-order valence-corrected chi connectivity index (χ1v) is 4.01. The van der Waals surface area contributed by atoms with Crippen molar-refractivity contribution in [2.24, 2.45) is 0 Å². The lowest BCUT2D eigenvalue weighted by atomic mass is 10.2. The Hall–Kier alpha value is -1.76. The zero-order valence-electron chi connectivity index (χ0n) is 7.20. The van der Waals surface area contributed by atoms with E-state index in [9.17, 15) is 4.79 Å². The molecule has 0 saturated carbocycles. The van der Waals surface area contributed by atoms with Crippen LogP contribution in [0.2, 0.25) is 0 Å². The number of nitrogens with zero attached hydrogens (tertiary/aromatic N) is 2. The van der Waals surface area contributed by atoms with E-state index in [4.69, 9.17) is 10.00 Å². The molecule has 2 heterocycles. The zero-order valence-corrected chi connectivity index (χ0v) is 7.20. The molecule has 1 aromatic rings. The molecular weight excluding hydrogens is 168 g/mol. The second-order valence-electron chi connectivity index (χ2n) is 2.96. The molecule has 0 aliphatic carbocycles. The Morgan fingerprint density at radius 2 is 2.46 bits per heavy atom. The highest BCUT2D eigenvalue weighted by molar-refractivity contribution is 5.38. The van der Waals surface area contributed by atoms with E-state index < -0.39 is 0 Å². The summed E-state index contributed by atoms with van der Waals surface area (Å²) < 4.78 is 6.70. The molecule has 0 fully saturated rings. The molecule has 2 rings (SSSR count). The standard InChI is InChI=1S/C9H8N2O2/c1-6-4-8-11(2-3-13-8)9(12)7(6)5-10/h4H,2-3H2,1H3. The third-order valence-electron chi connectivity index (χ3n) is 2.14. The lowest BCUT2D eigenvalue weighted by Crippen LogP contribution is -2.21. The molecule has 0 radical (unpaired) electrons. The van der Waals surface area contributed by atoms with Gasteiger partial charge in [0.15, 0.2) is 5.88 Å². The third kappa shape index (κ3) is 1.01. The van der Waals surface area contributed by atoms with Crippen molar-refractivity contribution in [1.29, 1.82) is 5.26 Å². The lowest BCUT2D eigenvalue weighted by molar-refractivity contribution is 0.356. The molecular formula is C9H8N2O2. The smallest absolute Gasteiger partial charge is 0.271 e. The summed E-state index contributed by atoms with van der Waals surface area (Å²) in [7, 11) is 0. The predicted octanol–water partition coefficient (Wildman–Crippen LogP) is 0.421. The first kappa shape index (κ1) is 7.87. The summed E-state index contributed by atoms with van der Waals surface area (Å²) in [4.78, 5) is 11.6. The molecule has 1 aliphatic rings. The molecule has 0 bridgehead atoms. The summed E-state index contributed by atoms with van der Waals surface area (Å²) in [6, 6.07) is 3.63. The van der Waals surface area contributed by atoms with Crippen LogP contribution >= 0.6 is 0 Å². The zero-order chi connectivity index (χ0) is 9.42. The van der Waals surface area contributed by atoms with Gasteiger partial charge in [-0.3, -0.25) is 9.36 Å². The van der Waals surface area contributed by atoms with Crippen LogP contribution in [0, 0.1) is 18.3 Å². The normalized spacial score (nSPS) is 13.2. The highest BCUT2D eigenvalue weighted by Gasteiger charge is 2.17. The van der Waals surface area contributed by atoms with Crippen molar-refractivity contribution >= 4 is 0 Å². The predicted molar refractivity (Wildman–Crippen MR) is 45.6 cm³/mol. The minimum absolute atomic E-state index is 0.217. The Bertz CT molecular complexity index is 453. The van der Waals surface area contributed by atoms with Crippen LogP contribution in [0.3, 0.4) is 0 Å². The summed E-state index contributed by atoms with van der Waals surface area (Å²) >= 11 is 0. The molecule has 0 amide bonds. The molecule has 0 N–H and O–H groups in total. The number of rotatable bonds is 0. The summed E-state index contributed by atoms with van der Waals surface area (Å²) in [5.41, 5.74) is 0.657. The van der Waals surface area contributed by atoms with Crippen molar-refractivity contribution in [3.05, 3.63) is 27.5 Å². The van der Waals surface area contributed by atoms with Gasteiger partial charge in [0, 0.05) is 6.07 Å². The van der Waals surface area contributed by atoms with Crippen molar-refractivity contribution in [1.82, 2.24) is 4.57 Å². The van der Waals surface area contributed by atoms with Crippen molar-refractivity contribution < 1.29 is 4.74 Å². The Morgan fingerprint density at radius 1 is 1.69 bits per heavy atom. The molecule has 0 atom stereocenters. The molecule has 4 heteroatoms. The van der Waals surface area contributed by atoms with Crippen molar-refractivity contribution in [3.8, 4) is 11.9 Å². The monoisotopic (exact) mass is 176 g/mol. The van der Waals surface area contributed by atoms with E-state index in [1.165, 1.54) is 4.57 Å². The summed E-state index contributed by atoms with van der Waals surface area (Å²) in [5, 5.41) is 8.73. The first-order valence-electron chi connectivity index (χ1n) is 4.01. The van der Waals surface area contributed by atoms with Gasteiger partial charge in [0.05, 0.1) is 6.54 Å². The van der Waals surface area contributed by atoms with E-state index in [1.807, 2.05) is 6.07 Å². The number of aryl methyl sites for hydroxylation is 1. The Morgan fingerprint density at radius 3 is 3.15 bits per heavy atom. The topological polar surface area (TPSA) is 55.0 Å². The van der Waals surface area contributed by atoms with Crippen LogP contribution in [0.4, 0.5) is 0 Å². The van der Waals surface area contributed by atoms with Gasteiger partial charge in [0.25, 0.3) is 5.56 Å². The number of nitriles is 1. The number of fused-ring (bicyclic) bond motifs is 1. The Balaban J connectivity index is 2.79. The fraction of sp³-hybridized carbons (Fsp3) is 0.333. The van der Waals surface area contributed by atoms with Gasteiger partial charge < -0.3 is 4.74 Å². The quantitative estimate of drug-likeness (QED) is 0.575. The number of pyridine rings is 1. The van der Waals surface area contributed by atoms with E-state index >= 15 is 0 Å². The summed E-state index contributed by atoms with van der Waals surface area (Å²) in [5.74, 6) is 0.571. The van der Waals surface area contributed by atoms with Crippen LogP contribution in [-0.2, 0) is 6.54 Å². The SMILES string of the molecule is Cc1cc2n(c(=O)c1C#N)CCO2. The molecule has 0 spiro atoms. The number of aromatic nitrogens is 1. The van der Waals surface area contributed by atoms with E-state index in [1.54, 1.807) is 13.0 Å². The highest BCUT2D eigenvalue weighted by Crippen LogP contribution is 2.17. The number of hydrogen-bond donors (Lipinski definition) is 0. The molecule has 0 aromatic carbocycles. The second-order valence-corrected chi connectivity index (χ2v) is 2.96. The van der Waals surface area contributed by atoms with Crippen LogP contribution in [0.15, 0.2) is 10.9 Å². The second kappa shape index (κ2) is 2.63. The summed E-state index contributed by atoms with van der Waals surface area (Å²) in [6.07, 6.45) is 0. The molecule has 0 saturated heterocycles. The number of ether oxygens (including phenoxy) is 1. The van der Waals surface area contributed by atoms with Crippen LogP contribution in [0.5, 0.6) is 5.88 Å². The van der Waals surface area contributed by atoms with Gasteiger partial charge >= 0.3 is 0 Å². The molecule has 1 aliphatic heterocycles. The van der Waals surface area contributed by atoms with Crippen LogP contribution in [-0.4, -0.2) is 11.2 Å². The highest BCUT2D eigenvalue weighted by atomic mass is 16.5. The van der Waals surface area contributed by atoms with Gasteiger partial charge in [-0.2, -0.15) is 5.26 Å². The summed E-state index contributed by atoms with van der Waals surface area (Å²) in [6.45, 7) is 2.80. The van der Waals surface area contributed by atoms with E-state index in [-0.39, 0.29) is 11.1 Å². The van der Waals surface area contributed by atoms with Crippen LogP contribution in [0.1, 0.15) is 11.1 Å². The third-order valence-corrected chi connectivity index (χ3v) is 2.14. The largest absolute Gasteiger partial charge is 0.477 e. The minimum Gasteiger partial charge on any atom is -0.477 e. The minimum atomic E-state index is -0.241. The van der Waals surface area contributed by atoms with Crippen LogP contribution in [0.25, 0.3) is 0 Å². The molecule has 0 unspecified atom stereocenters. The maximum absolute atomic E-state index is 11.6. The van der Waals surface area contributed by atoms with Crippen molar-refractivity contribution in [2.75, 3.05) is 6.61 Å². The van der Waals surface area contributed by atoms with E-state index in [0.29, 0.717) is 24.6 Å².